The Morgan fingerprint density at radius 1 is 1.03 bits per heavy atom. The molecule has 2 aromatic heterocycles. The number of ether oxygens (including phenoxy) is 1. The molecule has 162 valence electrons. The minimum absolute atomic E-state index is 0.119. The van der Waals surface area contributed by atoms with Crippen molar-refractivity contribution in [3.63, 3.8) is 0 Å². The van der Waals surface area contributed by atoms with Crippen molar-refractivity contribution < 1.29 is 18.3 Å². The molecule has 4 heterocycles. The number of likely N-dealkylation sites (tertiary alicyclic amines) is 1. The molecule has 2 aliphatic rings. The number of anilines is 1. The average Bonchev–Trinajstić information content (AvgIpc) is 3.24. The highest BCUT2D eigenvalue weighted by atomic mass is 19.1. The molecule has 2 aliphatic heterocycles. The van der Waals surface area contributed by atoms with E-state index in [2.05, 4.69) is 15.0 Å². The van der Waals surface area contributed by atoms with Crippen molar-refractivity contribution in [1.29, 1.82) is 0 Å². The molecule has 0 spiro atoms. The summed E-state index contributed by atoms with van der Waals surface area (Å²) in [6, 6.07) is 6.97. The van der Waals surface area contributed by atoms with Crippen LogP contribution in [-0.2, 0) is 4.74 Å². The molecule has 0 N–H and O–H groups in total. The van der Waals surface area contributed by atoms with Gasteiger partial charge in [0.1, 0.15) is 11.6 Å². The van der Waals surface area contributed by atoms with Crippen LogP contribution in [0.2, 0.25) is 0 Å². The molecule has 7 nitrogen and oxygen atoms in total. The van der Waals surface area contributed by atoms with E-state index < -0.39 is 17.5 Å². The predicted molar refractivity (Wildman–Crippen MR) is 110 cm³/mol. The molecule has 0 saturated carbocycles. The highest BCUT2D eigenvalue weighted by Crippen LogP contribution is 2.28. The van der Waals surface area contributed by atoms with Crippen molar-refractivity contribution in [1.82, 2.24) is 19.5 Å². The molecule has 9 heteroatoms. The van der Waals surface area contributed by atoms with Crippen molar-refractivity contribution in [3.8, 4) is 0 Å². The number of pyridine rings is 1. The van der Waals surface area contributed by atoms with Gasteiger partial charge in [0, 0.05) is 32.1 Å². The van der Waals surface area contributed by atoms with E-state index in [1.54, 1.807) is 9.42 Å². The van der Waals surface area contributed by atoms with Crippen molar-refractivity contribution >= 4 is 17.2 Å². The number of carbonyl (C=O) groups is 1. The number of carbonyl (C=O) groups excluding carboxylic acids is 1. The van der Waals surface area contributed by atoms with Gasteiger partial charge in [-0.15, -0.1) is 0 Å². The van der Waals surface area contributed by atoms with Gasteiger partial charge in [-0.25, -0.2) is 18.3 Å². The highest BCUT2D eigenvalue weighted by molar-refractivity contribution is 5.94. The van der Waals surface area contributed by atoms with E-state index in [0.717, 1.165) is 61.7 Å². The number of hydrogen-bond donors (Lipinski definition) is 0. The molecular formula is C22H23F2N5O2. The third-order valence-electron chi connectivity index (χ3n) is 6.01. The zero-order valence-corrected chi connectivity index (χ0v) is 17.0. The van der Waals surface area contributed by atoms with Crippen LogP contribution in [0.5, 0.6) is 0 Å². The number of hydrogen-bond acceptors (Lipinski definition) is 5. The number of piperidine rings is 1. The maximum absolute atomic E-state index is 14.0. The Hall–Kier alpha value is -3.07. The minimum atomic E-state index is -0.702. The monoisotopic (exact) mass is 427 g/mol. The maximum atomic E-state index is 14.0. The van der Waals surface area contributed by atoms with E-state index in [4.69, 9.17) is 4.74 Å². The Bertz CT molecular complexity index is 1100. The number of aromatic nitrogens is 3. The fourth-order valence-electron chi connectivity index (χ4n) is 4.24. The first kappa shape index (κ1) is 19.9. The molecule has 3 aromatic rings. The summed E-state index contributed by atoms with van der Waals surface area (Å²) >= 11 is 0. The number of benzene rings is 1. The SMILES string of the molecule is O=C(c1cc(F)ccc1F)N1CCC(c2nc3ccc(N4CCOCC4)cn3n2)CC1. The first-order valence-corrected chi connectivity index (χ1v) is 10.5. The van der Waals surface area contributed by atoms with Crippen molar-refractivity contribution in [3.05, 3.63) is 59.6 Å². The van der Waals surface area contributed by atoms with E-state index in [-0.39, 0.29) is 11.5 Å². The Kier molecular flexibility index (Phi) is 5.27. The lowest BCUT2D eigenvalue weighted by Gasteiger charge is -2.31. The summed E-state index contributed by atoms with van der Waals surface area (Å²) in [6.45, 7) is 4.05. The van der Waals surface area contributed by atoms with Gasteiger partial charge < -0.3 is 14.5 Å². The molecule has 0 unspecified atom stereocenters. The van der Waals surface area contributed by atoms with Gasteiger partial charge >= 0.3 is 0 Å². The number of morpholine rings is 1. The average molecular weight is 427 g/mol. The van der Waals surface area contributed by atoms with Crippen LogP contribution in [-0.4, -0.2) is 64.8 Å². The fourth-order valence-corrected chi connectivity index (χ4v) is 4.24. The van der Waals surface area contributed by atoms with E-state index in [9.17, 15) is 13.6 Å². The number of amides is 1. The number of rotatable bonds is 3. The Labute approximate surface area is 178 Å². The summed E-state index contributed by atoms with van der Waals surface area (Å²) in [7, 11) is 0. The lowest BCUT2D eigenvalue weighted by atomic mass is 9.95. The Balaban J connectivity index is 1.28. The summed E-state index contributed by atoms with van der Waals surface area (Å²) in [5.41, 5.74) is 1.65. The van der Waals surface area contributed by atoms with Gasteiger partial charge in [-0.05, 0) is 43.2 Å². The van der Waals surface area contributed by atoms with Gasteiger partial charge in [-0.1, -0.05) is 0 Å². The summed E-state index contributed by atoms with van der Waals surface area (Å²) < 4.78 is 34.6. The first-order chi connectivity index (χ1) is 15.1. The zero-order chi connectivity index (χ0) is 21.4. The van der Waals surface area contributed by atoms with Gasteiger partial charge in [-0.3, -0.25) is 4.79 Å². The summed E-state index contributed by atoms with van der Waals surface area (Å²) in [5, 5.41) is 4.68. The zero-order valence-electron chi connectivity index (χ0n) is 17.0. The van der Waals surface area contributed by atoms with Crippen LogP contribution in [0.3, 0.4) is 0 Å². The normalized spacial score (nSPS) is 18.0. The van der Waals surface area contributed by atoms with Crippen LogP contribution in [0.4, 0.5) is 14.5 Å². The predicted octanol–water partition coefficient (Wildman–Crippen LogP) is 2.86. The number of fused-ring (bicyclic) bond motifs is 1. The Morgan fingerprint density at radius 3 is 2.58 bits per heavy atom. The second-order valence-electron chi connectivity index (χ2n) is 7.95. The van der Waals surface area contributed by atoms with Crippen LogP contribution < -0.4 is 4.90 Å². The van der Waals surface area contributed by atoms with Crippen molar-refractivity contribution in [2.45, 2.75) is 18.8 Å². The second kappa shape index (κ2) is 8.22. The van der Waals surface area contributed by atoms with Gasteiger partial charge in [0.15, 0.2) is 11.5 Å². The number of halogens is 2. The molecule has 2 saturated heterocycles. The lowest BCUT2D eigenvalue weighted by Crippen LogP contribution is -2.38. The molecule has 2 fully saturated rings. The molecule has 1 amide bonds. The third-order valence-corrected chi connectivity index (χ3v) is 6.01. The smallest absolute Gasteiger partial charge is 0.256 e. The van der Waals surface area contributed by atoms with Gasteiger partial charge in [-0.2, -0.15) is 5.10 Å². The van der Waals surface area contributed by atoms with Crippen molar-refractivity contribution in [2.24, 2.45) is 0 Å². The number of nitrogens with zero attached hydrogens (tertiary/aromatic N) is 5. The summed E-state index contributed by atoms with van der Waals surface area (Å²) in [5.74, 6) is -0.929. The first-order valence-electron chi connectivity index (χ1n) is 10.5. The van der Waals surface area contributed by atoms with Crippen LogP contribution in [0.15, 0.2) is 36.5 Å². The quantitative estimate of drug-likeness (QED) is 0.643. The lowest BCUT2D eigenvalue weighted by molar-refractivity contribution is 0.0706. The van der Waals surface area contributed by atoms with Gasteiger partial charge in [0.2, 0.25) is 0 Å². The van der Waals surface area contributed by atoms with E-state index in [1.807, 2.05) is 18.3 Å². The standard InChI is InChI=1S/C22H23F2N5O2/c23-16-1-3-19(24)18(13-16)22(30)28-7-5-15(6-8-28)21-25-20-4-2-17(14-29(20)26-21)27-9-11-31-12-10-27/h1-4,13-15H,5-12H2. The van der Waals surface area contributed by atoms with Crippen LogP contribution >= 0.6 is 0 Å². The largest absolute Gasteiger partial charge is 0.378 e. The fraction of sp³-hybridized carbons (Fsp3) is 0.409. The van der Waals surface area contributed by atoms with E-state index in [1.165, 1.54) is 0 Å². The molecule has 0 radical (unpaired) electrons. The van der Waals surface area contributed by atoms with Gasteiger partial charge in [0.25, 0.3) is 5.91 Å². The Morgan fingerprint density at radius 2 is 1.81 bits per heavy atom. The van der Waals surface area contributed by atoms with Crippen LogP contribution in [0.1, 0.15) is 34.9 Å². The maximum Gasteiger partial charge on any atom is 0.256 e. The second-order valence-corrected chi connectivity index (χ2v) is 7.95. The molecule has 0 atom stereocenters. The molecule has 1 aromatic carbocycles. The van der Waals surface area contributed by atoms with Gasteiger partial charge in [0.05, 0.1) is 30.7 Å². The molecular weight excluding hydrogens is 404 g/mol. The van der Waals surface area contributed by atoms with Crippen molar-refractivity contribution in [2.75, 3.05) is 44.3 Å². The van der Waals surface area contributed by atoms with E-state index in [0.29, 0.717) is 25.9 Å². The summed E-state index contributed by atoms with van der Waals surface area (Å²) in [4.78, 5) is 21.1. The molecule has 0 aliphatic carbocycles. The minimum Gasteiger partial charge on any atom is -0.378 e. The van der Waals surface area contributed by atoms with E-state index >= 15 is 0 Å². The molecule has 5 rings (SSSR count). The molecule has 31 heavy (non-hydrogen) atoms. The summed E-state index contributed by atoms with van der Waals surface area (Å²) in [6.07, 6.45) is 3.34. The molecule has 0 bridgehead atoms. The topological polar surface area (TPSA) is 63.0 Å². The van der Waals surface area contributed by atoms with Crippen LogP contribution in [0.25, 0.3) is 5.65 Å². The third kappa shape index (κ3) is 3.97. The van der Waals surface area contributed by atoms with Crippen LogP contribution in [0, 0.1) is 11.6 Å². The highest BCUT2D eigenvalue weighted by Gasteiger charge is 2.28.